The molecule has 3 rings (SSSR count). The maximum Gasteiger partial charge on any atom is 0.335 e. The average molecular weight is 365 g/mol. The molecular formula is C21H19NO5. The van der Waals surface area contributed by atoms with E-state index in [1.165, 1.54) is 12.1 Å². The Morgan fingerprint density at radius 1 is 0.778 bits per heavy atom. The first kappa shape index (κ1) is 19.7. The zero-order valence-corrected chi connectivity index (χ0v) is 14.9. The second kappa shape index (κ2) is 8.62. The van der Waals surface area contributed by atoms with Gasteiger partial charge < -0.3 is 10.2 Å². The Kier molecular flexibility index (Phi) is 6.27. The summed E-state index contributed by atoms with van der Waals surface area (Å²) in [5.74, 6) is -2.24. The van der Waals surface area contributed by atoms with Crippen LogP contribution in [0.2, 0.25) is 0 Å². The maximum absolute atomic E-state index is 11.6. The molecule has 1 heterocycles. The predicted octanol–water partition coefficient (Wildman–Crippen LogP) is 3.54. The smallest absolute Gasteiger partial charge is 0.335 e. The fourth-order valence-electron chi connectivity index (χ4n) is 2.41. The molecule has 0 spiro atoms. The van der Waals surface area contributed by atoms with Gasteiger partial charge in [-0.1, -0.05) is 18.2 Å². The monoisotopic (exact) mass is 365 g/mol. The summed E-state index contributed by atoms with van der Waals surface area (Å²) in [6.07, 6.45) is 1.80. The minimum atomic E-state index is -1.12. The third-order valence-corrected chi connectivity index (χ3v) is 3.68. The molecule has 0 aliphatic heterocycles. The Bertz CT molecular complexity index is 990. The van der Waals surface area contributed by atoms with Crippen LogP contribution in [0.3, 0.4) is 0 Å². The molecule has 138 valence electrons. The van der Waals surface area contributed by atoms with E-state index in [-0.39, 0.29) is 16.7 Å². The lowest BCUT2D eigenvalue weighted by Crippen LogP contribution is -2.16. The number of nitrogens with zero attached hydrogens (tertiary/aromatic N) is 1. The van der Waals surface area contributed by atoms with Crippen molar-refractivity contribution in [1.82, 2.24) is 4.57 Å². The van der Waals surface area contributed by atoms with Crippen LogP contribution in [0.4, 0.5) is 0 Å². The van der Waals surface area contributed by atoms with E-state index in [1.54, 1.807) is 23.8 Å². The van der Waals surface area contributed by atoms with Gasteiger partial charge in [-0.3, -0.25) is 9.36 Å². The van der Waals surface area contributed by atoms with Gasteiger partial charge in [0, 0.05) is 18.0 Å². The van der Waals surface area contributed by atoms with Crippen molar-refractivity contribution in [3.8, 4) is 5.69 Å². The van der Waals surface area contributed by atoms with Gasteiger partial charge in [-0.25, -0.2) is 9.59 Å². The molecule has 0 saturated heterocycles. The van der Waals surface area contributed by atoms with Crippen molar-refractivity contribution in [1.29, 1.82) is 0 Å². The van der Waals surface area contributed by atoms with E-state index >= 15 is 0 Å². The summed E-state index contributed by atoms with van der Waals surface area (Å²) in [6, 6.07) is 17.1. The van der Waals surface area contributed by atoms with Gasteiger partial charge in [-0.05, 0) is 61.4 Å². The van der Waals surface area contributed by atoms with E-state index in [0.29, 0.717) is 5.56 Å². The van der Waals surface area contributed by atoms with Crippen LogP contribution in [0.15, 0.2) is 71.7 Å². The van der Waals surface area contributed by atoms with Crippen molar-refractivity contribution in [2.24, 2.45) is 0 Å². The van der Waals surface area contributed by atoms with E-state index in [2.05, 4.69) is 0 Å². The predicted molar refractivity (Wildman–Crippen MR) is 102 cm³/mol. The van der Waals surface area contributed by atoms with Crippen molar-refractivity contribution in [3.05, 3.63) is 99.5 Å². The number of aromatic carboxylic acids is 2. The second-order valence-electron chi connectivity index (χ2n) is 5.95. The summed E-state index contributed by atoms with van der Waals surface area (Å²) in [7, 11) is 0. The summed E-state index contributed by atoms with van der Waals surface area (Å²) in [4.78, 5) is 32.7. The van der Waals surface area contributed by atoms with Crippen LogP contribution in [-0.4, -0.2) is 26.7 Å². The molecule has 2 N–H and O–H groups in total. The number of hydrogen-bond donors (Lipinski definition) is 2. The summed E-state index contributed by atoms with van der Waals surface area (Å²) in [6.45, 7) is 3.57. The van der Waals surface area contributed by atoms with Crippen LogP contribution in [0, 0.1) is 13.8 Å². The molecule has 0 bridgehead atoms. The van der Waals surface area contributed by atoms with Crippen molar-refractivity contribution >= 4 is 11.9 Å². The Balaban J connectivity index is 0.000000194. The van der Waals surface area contributed by atoms with Gasteiger partial charge in [0.1, 0.15) is 0 Å². The molecule has 0 unspecified atom stereocenters. The number of carbonyl (C=O) groups is 2. The molecule has 0 atom stereocenters. The fourth-order valence-corrected chi connectivity index (χ4v) is 2.41. The average Bonchev–Trinajstić information content (AvgIpc) is 2.62. The molecule has 6 nitrogen and oxygen atoms in total. The fraction of sp³-hybridized carbons (Fsp3) is 0.0952. The number of pyridine rings is 1. The van der Waals surface area contributed by atoms with Gasteiger partial charge in [0.15, 0.2) is 0 Å². The lowest BCUT2D eigenvalue weighted by molar-refractivity contribution is 0.0696. The zero-order chi connectivity index (χ0) is 20.0. The molecular weight excluding hydrogens is 346 g/mol. The normalized spacial score (nSPS) is 9.85. The summed E-state index contributed by atoms with van der Waals surface area (Å²) in [5.41, 5.74) is 2.52. The second-order valence-corrected chi connectivity index (χ2v) is 5.95. The molecule has 0 amide bonds. The number of carboxylic acids is 2. The number of rotatable bonds is 3. The zero-order valence-electron chi connectivity index (χ0n) is 14.9. The number of hydrogen-bond acceptors (Lipinski definition) is 3. The van der Waals surface area contributed by atoms with Crippen molar-refractivity contribution in [2.75, 3.05) is 0 Å². The van der Waals surface area contributed by atoms with E-state index in [0.717, 1.165) is 17.3 Å². The Morgan fingerprint density at radius 2 is 1.33 bits per heavy atom. The number of benzene rings is 2. The molecule has 0 fully saturated rings. The van der Waals surface area contributed by atoms with E-state index < -0.39 is 11.9 Å². The number of para-hydroxylation sites is 1. The number of aromatic nitrogens is 1. The van der Waals surface area contributed by atoms with Gasteiger partial charge in [-0.2, -0.15) is 0 Å². The molecule has 0 aliphatic rings. The van der Waals surface area contributed by atoms with E-state index in [9.17, 15) is 14.4 Å². The van der Waals surface area contributed by atoms with Crippen molar-refractivity contribution in [2.45, 2.75) is 13.8 Å². The highest BCUT2D eigenvalue weighted by atomic mass is 16.4. The Morgan fingerprint density at radius 3 is 1.81 bits per heavy atom. The van der Waals surface area contributed by atoms with Crippen molar-refractivity contribution < 1.29 is 19.8 Å². The minimum Gasteiger partial charge on any atom is -0.478 e. The van der Waals surface area contributed by atoms with Gasteiger partial charge in [-0.15, -0.1) is 0 Å². The van der Waals surface area contributed by atoms with E-state index in [4.69, 9.17) is 10.2 Å². The van der Waals surface area contributed by atoms with Gasteiger partial charge in [0.25, 0.3) is 5.56 Å². The molecule has 2 aromatic carbocycles. The van der Waals surface area contributed by atoms with E-state index in [1.807, 2.05) is 43.3 Å². The third kappa shape index (κ3) is 5.40. The summed E-state index contributed by atoms with van der Waals surface area (Å²) >= 11 is 0. The summed E-state index contributed by atoms with van der Waals surface area (Å²) in [5, 5.41) is 17.2. The molecule has 0 radical (unpaired) electrons. The lowest BCUT2D eigenvalue weighted by Gasteiger charge is -2.04. The largest absolute Gasteiger partial charge is 0.478 e. The van der Waals surface area contributed by atoms with Crippen LogP contribution in [0.5, 0.6) is 0 Å². The first-order valence-corrected chi connectivity index (χ1v) is 8.11. The maximum atomic E-state index is 11.6. The molecule has 0 aliphatic carbocycles. The standard InChI is InChI=1S/C12H11NO.C9H8O4/c1-10-7-8-13(12(14)9-10)11-5-3-2-4-6-11;1-5-2-6(8(10)11)4-7(3-5)9(12)13/h2-9H,1H3;2-4H,1H3,(H,10,11)(H,12,13). The van der Waals surface area contributed by atoms with Gasteiger partial charge in [0.2, 0.25) is 0 Å². The van der Waals surface area contributed by atoms with Crippen LogP contribution < -0.4 is 5.56 Å². The highest BCUT2D eigenvalue weighted by Crippen LogP contribution is 2.09. The first-order valence-electron chi connectivity index (χ1n) is 8.11. The van der Waals surface area contributed by atoms with Crippen LogP contribution in [0.25, 0.3) is 5.69 Å². The van der Waals surface area contributed by atoms with Crippen molar-refractivity contribution in [3.63, 3.8) is 0 Å². The first-order chi connectivity index (χ1) is 12.8. The molecule has 0 saturated carbocycles. The number of aryl methyl sites for hydroxylation is 2. The Hall–Kier alpha value is -3.67. The summed E-state index contributed by atoms with van der Waals surface area (Å²) < 4.78 is 1.63. The Labute approximate surface area is 156 Å². The quantitative estimate of drug-likeness (QED) is 0.740. The van der Waals surface area contributed by atoms with Crippen LogP contribution >= 0.6 is 0 Å². The molecule has 27 heavy (non-hydrogen) atoms. The number of carboxylic acid groups (broad SMARTS) is 2. The lowest BCUT2D eigenvalue weighted by atomic mass is 10.1. The minimum absolute atomic E-state index is 0.00241. The van der Waals surface area contributed by atoms with Gasteiger partial charge >= 0.3 is 11.9 Å². The third-order valence-electron chi connectivity index (χ3n) is 3.68. The highest BCUT2D eigenvalue weighted by Gasteiger charge is 2.09. The molecule has 3 aromatic rings. The highest BCUT2D eigenvalue weighted by molar-refractivity contribution is 5.94. The topological polar surface area (TPSA) is 96.6 Å². The van der Waals surface area contributed by atoms with Crippen LogP contribution in [-0.2, 0) is 0 Å². The molecule has 1 aromatic heterocycles. The van der Waals surface area contributed by atoms with Crippen LogP contribution in [0.1, 0.15) is 31.8 Å². The molecule has 6 heteroatoms. The van der Waals surface area contributed by atoms with Gasteiger partial charge in [0.05, 0.1) is 11.1 Å². The SMILES string of the molecule is Cc1cc(C(=O)O)cc(C(=O)O)c1.Cc1ccn(-c2ccccc2)c(=O)c1.